The lowest BCUT2D eigenvalue weighted by Gasteiger charge is -2.38. The fourth-order valence-electron chi connectivity index (χ4n) is 2.25. The summed E-state index contributed by atoms with van der Waals surface area (Å²) in [6, 6.07) is 3.66. The van der Waals surface area contributed by atoms with Gasteiger partial charge in [-0.25, -0.2) is 4.79 Å². The highest BCUT2D eigenvalue weighted by molar-refractivity contribution is 8.00. The van der Waals surface area contributed by atoms with Crippen molar-refractivity contribution in [3.8, 4) is 0 Å². The highest BCUT2D eigenvalue weighted by Crippen LogP contribution is 2.29. The Kier molecular flexibility index (Phi) is 6.03. The Morgan fingerprint density at radius 1 is 1.58 bits per heavy atom. The number of carboxylic acid groups (broad SMARTS) is 1. The maximum absolute atomic E-state index is 12.3. The summed E-state index contributed by atoms with van der Waals surface area (Å²) in [6.45, 7) is 1.70. The zero-order valence-electron chi connectivity index (χ0n) is 13.2. The molecular weight excluding hydrogens is 352 g/mol. The first-order valence-corrected chi connectivity index (χ1v) is 9.00. The fraction of sp³-hybridized carbons (Fsp3) is 0.400. The van der Waals surface area contributed by atoms with Crippen molar-refractivity contribution >= 4 is 41.3 Å². The van der Waals surface area contributed by atoms with Crippen LogP contribution in [-0.4, -0.2) is 47.2 Å². The molecule has 0 unspecified atom stereocenters. The third kappa shape index (κ3) is 3.97. The van der Waals surface area contributed by atoms with E-state index in [1.54, 1.807) is 6.92 Å². The van der Waals surface area contributed by atoms with Crippen LogP contribution >= 0.6 is 23.1 Å². The molecule has 7 nitrogen and oxygen atoms in total. The summed E-state index contributed by atoms with van der Waals surface area (Å²) < 4.78 is 5.28. The quantitative estimate of drug-likeness (QED) is 0.485. The molecule has 0 saturated heterocycles. The number of carbonyl (C=O) groups excluding carboxylic acids is 2. The molecular formula is C15H18N2O5S2. The van der Waals surface area contributed by atoms with Crippen molar-refractivity contribution in [1.29, 1.82) is 0 Å². The van der Waals surface area contributed by atoms with Gasteiger partial charge in [0.15, 0.2) is 6.29 Å². The molecule has 9 heteroatoms. The highest BCUT2D eigenvalue weighted by atomic mass is 32.2. The minimum Gasteiger partial charge on any atom is -0.477 e. The molecule has 1 amide bonds. The van der Waals surface area contributed by atoms with Gasteiger partial charge in [0, 0.05) is 17.7 Å². The van der Waals surface area contributed by atoms with Gasteiger partial charge in [-0.05, 0) is 23.9 Å². The van der Waals surface area contributed by atoms with Crippen LogP contribution in [0.1, 0.15) is 11.8 Å². The number of carbonyl (C=O) groups is 3. The van der Waals surface area contributed by atoms with Gasteiger partial charge in [0.05, 0.1) is 6.42 Å². The number of nitrogens with one attached hydrogen (secondary N) is 2. The Balaban J connectivity index is 2.16. The topological polar surface area (TPSA) is 105 Å². The van der Waals surface area contributed by atoms with Crippen LogP contribution in [0.4, 0.5) is 0 Å². The van der Waals surface area contributed by atoms with Gasteiger partial charge in [-0.15, -0.1) is 23.1 Å². The van der Waals surface area contributed by atoms with E-state index in [2.05, 4.69) is 10.6 Å². The van der Waals surface area contributed by atoms with Crippen LogP contribution in [0.3, 0.4) is 0 Å². The molecule has 130 valence electrons. The maximum Gasteiger partial charge on any atom is 0.351 e. The molecule has 1 aromatic heterocycles. The first kappa shape index (κ1) is 18.5. The smallest absolute Gasteiger partial charge is 0.351 e. The van der Waals surface area contributed by atoms with Gasteiger partial charge in [-0.1, -0.05) is 6.07 Å². The van der Waals surface area contributed by atoms with E-state index in [1.807, 2.05) is 17.5 Å². The highest BCUT2D eigenvalue weighted by Gasteiger charge is 2.44. The van der Waals surface area contributed by atoms with Crippen LogP contribution < -0.4 is 10.6 Å². The lowest BCUT2D eigenvalue weighted by molar-refractivity contribution is -0.143. The van der Waals surface area contributed by atoms with Crippen LogP contribution in [0.25, 0.3) is 0 Å². The molecule has 0 fully saturated rings. The largest absolute Gasteiger partial charge is 0.477 e. The van der Waals surface area contributed by atoms with Gasteiger partial charge < -0.3 is 20.5 Å². The number of aliphatic carboxylic acids is 1. The van der Waals surface area contributed by atoms with Crippen molar-refractivity contribution in [2.24, 2.45) is 0 Å². The number of rotatable bonds is 7. The van der Waals surface area contributed by atoms with Gasteiger partial charge >= 0.3 is 5.97 Å². The van der Waals surface area contributed by atoms with Crippen molar-refractivity contribution in [2.75, 3.05) is 12.9 Å². The SMILES string of the molecule is CO[C@](C=O)(NC(=O)Cc1cccs1)[C@@H]1NC(C(=O)O)=C(C)CS1. The number of hydrogen-bond acceptors (Lipinski definition) is 7. The van der Waals surface area contributed by atoms with E-state index in [-0.39, 0.29) is 18.0 Å². The molecule has 24 heavy (non-hydrogen) atoms. The standard InChI is InChI=1S/C15H18N2O5S2/c1-9-7-24-14(16-12(9)13(20)21)15(8-18,22-2)17-11(19)6-10-4-3-5-23-10/h3-5,8,14,16H,6-7H2,1-2H3,(H,17,19)(H,20,21)/t14-,15+/m1/s1. The number of amides is 1. The number of aldehydes is 1. The molecule has 0 spiro atoms. The van der Waals surface area contributed by atoms with E-state index in [9.17, 15) is 19.5 Å². The van der Waals surface area contributed by atoms with E-state index in [1.165, 1.54) is 30.2 Å². The van der Waals surface area contributed by atoms with Crippen LogP contribution in [0.15, 0.2) is 28.8 Å². The monoisotopic (exact) mass is 370 g/mol. The van der Waals surface area contributed by atoms with Crippen molar-refractivity contribution in [3.63, 3.8) is 0 Å². The van der Waals surface area contributed by atoms with E-state index in [4.69, 9.17) is 4.74 Å². The van der Waals surface area contributed by atoms with Gasteiger partial charge in [0.1, 0.15) is 11.1 Å². The summed E-state index contributed by atoms with van der Waals surface area (Å²) in [4.78, 5) is 36.1. The zero-order chi connectivity index (χ0) is 17.7. The molecule has 3 N–H and O–H groups in total. The average Bonchev–Trinajstić information content (AvgIpc) is 3.05. The minimum absolute atomic E-state index is 0.0227. The number of thioether (sulfide) groups is 1. The lowest BCUT2D eigenvalue weighted by atomic mass is 10.1. The molecule has 1 aliphatic heterocycles. The molecule has 0 bridgehead atoms. The predicted octanol–water partition coefficient (Wildman–Crippen LogP) is 0.969. The van der Waals surface area contributed by atoms with Crippen molar-refractivity contribution in [2.45, 2.75) is 24.4 Å². The maximum atomic E-state index is 12.3. The Hall–Kier alpha value is -1.84. The molecule has 0 aromatic carbocycles. The Labute approximate surface area is 147 Å². The average molecular weight is 370 g/mol. The van der Waals surface area contributed by atoms with Crippen LogP contribution in [-0.2, 0) is 25.5 Å². The number of hydrogen-bond donors (Lipinski definition) is 3. The van der Waals surface area contributed by atoms with E-state index in [0.717, 1.165) is 4.88 Å². The van der Waals surface area contributed by atoms with E-state index < -0.39 is 17.1 Å². The first-order valence-electron chi connectivity index (χ1n) is 7.08. The summed E-state index contributed by atoms with van der Waals surface area (Å²) in [5.74, 6) is -1.07. The number of carboxylic acids is 1. The number of thiophene rings is 1. The number of ether oxygens (including phenoxy) is 1. The predicted molar refractivity (Wildman–Crippen MR) is 91.7 cm³/mol. The van der Waals surface area contributed by atoms with E-state index in [0.29, 0.717) is 17.6 Å². The summed E-state index contributed by atoms with van der Waals surface area (Å²) in [5.41, 5.74) is -0.973. The second-order valence-corrected chi connectivity index (χ2v) is 7.34. The Morgan fingerprint density at radius 2 is 2.33 bits per heavy atom. The summed E-state index contributed by atoms with van der Waals surface area (Å²) in [6.07, 6.45) is 0.610. The van der Waals surface area contributed by atoms with E-state index >= 15 is 0 Å². The van der Waals surface area contributed by atoms with Crippen molar-refractivity contribution < 1.29 is 24.2 Å². The molecule has 1 aromatic rings. The third-order valence-corrected chi connectivity index (χ3v) is 5.81. The van der Waals surface area contributed by atoms with Crippen LogP contribution in [0.5, 0.6) is 0 Å². The van der Waals surface area contributed by atoms with Gasteiger partial charge in [0.25, 0.3) is 0 Å². The minimum atomic E-state index is -1.65. The third-order valence-electron chi connectivity index (χ3n) is 3.53. The lowest BCUT2D eigenvalue weighted by Crippen LogP contribution is -2.63. The molecule has 0 aliphatic carbocycles. The van der Waals surface area contributed by atoms with Crippen LogP contribution in [0, 0.1) is 0 Å². The summed E-state index contributed by atoms with van der Waals surface area (Å²) in [5, 5.41) is 15.7. The molecule has 0 radical (unpaired) electrons. The molecule has 1 aliphatic rings. The Bertz CT molecular complexity index is 659. The van der Waals surface area contributed by atoms with Crippen molar-refractivity contribution in [3.05, 3.63) is 33.7 Å². The summed E-state index contributed by atoms with van der Waals surface area (Å²) >= 11 is 2.73. The first-order chi connectivity index (χ1) is 11.4. The molecule has 2 rings (SSSR count). The van der Waals surface area contributed by atoms with Gasteiger partial charge in [-0.2, -0.15) is 0 Å². The molecule has 2 heterocycles. The molecule has 0 saturated carbocycles. The summed E-state index contributed by atoms with van der Waals surface area (Å²) in [7, 11) is 1.30. The van der Waals surface area contributed by atoms with Gasteiger partial charge in [-0.3, -0.25) is 9.59 Å². The Morgan fingerprint density at radius 3 is 2.88 bits per heavy atom. The van der Waals surface area contributed by atoms with Gasteiger partial charge in [0.2, 0.25) is 11.6 Å². The zero-order valence-corrected chi connectivity index (χ0v) is 14.8. The number of methoxy groups -OCH3 is 1. The molecule has 2 atom stereocenters. The second-order valence-electron chi connectivity index (χ2n) is 5.22. The fourth-order valence-corrected chi connectivity index (χ4v) is 4.17. The van der Waals surface area contributed by atoms with Crippen molar-refractivity contribution in [1.82, 2.24) is 10.6 Å². The normalized spacial score (nSPS) is 20.0. The second kappa shape index (κ2) is 7.82. The van der Waals surface area contributed by atoms with Crippen LogP contribution in [0.2, 0.25) is 0 Å².